The van der Waals surface area contributed by atoms with Crippen molar-refractivity contribution in [2.24, 2.45) is 17.3 Å². The third-order valence-electron chi connectivity index (χ3n) is 7.62. The van der Waals surface area contributed by atoms with Crippen LogP contribution in [0.25, 0.3) is 0 Å². The van der Waals surface area contributed by atoms with E-state index in [-0.39, 0.29) is 25.1 Å². The van der Waals surface area contributed by atoms with Crippen LogP contribution in [0.2, 0.25) is 0 Å². The molecule has 2 fully saturated rings. The van der Waals surface area contributed by atoms with Crippen molar-refractivity contribution in [1.82, 2.24) is 0 Å². The molecule has 0 aliphatic heterocycles. The number of benzene rings is 1. The van der Waals surface area contributed by atoms with Crippen LogP contribution in [0.4, 0.5) is 0 Å². The number of fused-ring (bicyclic) bond motifs is 5. The molecule has 3 aliphatic rings. The number of hydrogen-bond acceptors (Lipinski definition) is 7. The summed E-state index contributed by atoms with van der Waals surface area (Å²) in [6.45, 7) is 2.63. The molecule has 0 amide bonds. The predicted molar refractivity (Wildman–Crippen MR) is 115 cm³/mol. The fourth-order valence-corrected chi connectivity index (χ4v) is 7.10. The molecule has 31 heavy (non-hydrogen) atoms. The van der Waals surface area contributed by atoms with E-state index in [1.54, 1.807) is 14.2 Å². The maximum absolute atomic E-state index is 11.9. The molecule has 0 bridgehead atoms. The first kappa shape index (κ1) is 23.0. The van der Waals surface area contributed by atoms with Crippen molar-refractivity contribution in [3.63, 3.8) is 0 Å². The largest absolute Gasteiger partial charge is 0.468 e. The van der Waals surface area contributed by atoms with Gasteiger partial charge in [0.25, 0.3) is 10.1 Å². The van der Waals surface area contributed by atoms with E-state index in [1.165, 1.54) is 11.1 Å². The molecular weight excluding hydrogens is 420 g/mol. The van der Waals surface area contributed by atoms with E-state index < -0.39 is 16.2 Å². The van der Waals surface area contributed by atoms with Crippen LogP contribution in [0.1, 0.15) is 49.7 Å². The molecule has 1 aromatic rings. The van der Waals surface area contributed by atoms with E-state index in [2.05, 4.69) is 19.1 Å². The Hall–Kier alpha value is -1.19. The zero-order valence-electron chi connectivity index (χ0n) is 18.8. The van der Waals surface area contributed by atoms with Crippen LogP contribution < -0.4 is 4.74 Å². The van der Waals surface area contributed by atoms with Gasteiger partial charge in [0, 0.05) is 14.2 Å². The molecule has 6 atom stereocenters. The first-order valence-electron chi connectivity index (χ1n) is 11.0. The third-order valence-corrected chi connectivity index (χ3v) is 8.21. The van der Waals surface area contributed by atoms with E-state index in [1.807, 2.05) is 6.07 Å². The van der Waals surface area contributed by atoms with E-state index >= 15 is 0 Å². The van der Waals surface area contributed by atoms with E-state index in [4.69, 9.17) is 23.1 Å². The van der Waals surface area contributed by atoms with Crippen LogP contribution in [0.3, 0.4) is 0 Å². The maximum atomic E-state index is 11.9. The summed E-state index contributed by atoms with van der Waals surface area (Å²) in [7, 11) is -0.367. The van der Waals surface area contributed by atoms with Gasteiger partial charge in [0.1, 0.15) is 18.6 Å². The topological polar surface area (TPSA) is 80.3 Å². The van der Waals surface area contributed by atoms with Gasteiger partial charge in [0.15, 0.2) is 6.79 Å². The number of ether oxygens (including phenoxy) is 4. The molecule has 1 aromatic carbocycles. The van der Waals surface area contributed by atoms with Crippen LogP contribution in [0, 0.1) is 17.3 Å². The second-order valence-corrected chi connectivity index (χ2v) is 11.0. The van der Waals surface area contributed by atoms with Gasteiger partial charge in [-0.25, -0.2) is 0 Å². The molecule has 0 N–H and O–H groups in total. The van der Waals surface area contributed by atoms with Crippen LogP contribution in [0.5, 0.6) is 5.75 Å². The summed E-state index contributed by atoms with van der Waals surface area (Å²) >= 11 is 0. The SMILES string of the molecule is COCOc1ccc2c(c1)CC[C@@H]1[C@@H]2CC[C@@]2(C)[C@H]1C[C@H](OS(C)(=O)=O)[C@@H]2OCOC. The summed E-state index contributed by atoms with van der Waals surface area (Å²) in [6.07, 6.45) is 5.16. The van der Waals surface area contributed by atoms with Gasteiger partial charge in [-0.05, 0) is 78.5 Å². The summed E-state index contributed by atoms with van der Waals surface area (Å²) in [5.41, 5.74) is 2.63. The van der Waals surface area contributed by atoms with Crippen LogP contribution in [0.15, 0.2) is 18.2 Å². The Balaban J connectivity index is 1.59. The Kier molecular flexibility index (Phi) is 6.66. The second-order valence-electron chi connectivity index (χ2n) is 9.44. The van der Waals surface area contributed by atoms with Gasteiger partial charge in [-0.15, -0.1) is 0 Å². The molecular formula is C23H34O7S. The Morgan fingerprint density at radius 1 is 1.13 bits per heavy atom. The highest BCUT2D eigenvalue weighted by Crippen LogP contribution is 2.62. The van der Waals surface area contributed by atoms with Crippen molar-refractivity contribution in [1.29, 1.82) is 0 Å². The Labute approximate surface area is 185 Å². The quantitative estimate of drug-likeness (QED) is 0.439. The van der Waals surface area contributed by atoms with Gasteiger partial charge < -0.3 is 18.9 Å². The molecule has 7 nitrogen and oxygen atoms in total. The first-order valence-corrected chi connectivity index (χ1v) is 12.8. The van der Waals surface area contributed by atoms with Crippen molar-refractivity contribution >= 4 is 10.1 Å². The van der Waals surface area contributed by atoms with Crippen LogP contribution in [-0.4, -0.2) is 54.7 Å². The molecule has 3 aliphatic carbocycles. The highest BCUT2D eigenvalue weighted by Gasteiger charge is 2.60. The minimum atomic E-state index is -3.57. The predicted octanol–water partition coefficient (Wildman–Crippen LogP) is 3.47. The summed E-state index contributed by atoms with van der Waals surface area (Å²) in [6, 6.07) is 6.38. The molecule has 4 rings (SSSR count). The highest BCUT2D eigenvalue weighted by molar-refractivity contribution is 7.86. The van der Waals surface area contributed by atoms with E-state index in [0.29, 0.717) is 24.2 Å². The average Bonchev–Trinajstić information content (AvgIpc) is 2.99. The monoisotopic (exact) mass is 454 g/mol. The molecule has 0 unspecified atom stereocenters. The van der Waals surface area contributed by atoms with Gasteiger partial charge in [-0.3, -0.25) is 4.18 Å². The Bertz CT molecular complexity index is 886. The normalized spacial score (nSPS) is 34.6. The number of hydrogen-bond donors (Lipinski definition) is 0. The molecule has 0 heterocycles. The van der Waals surface area contributed by atoms with Crippen molar-refractivity contribution in [2.75, 3.05) is 34.1 Å². The molecule has 2 saturated carbocycles. The van der Waals surface area contributed by atoms with Crippen LogP contribution >= 0.6 is 0 Å². The lowest BCUT2D eigenvalue weighted by molar-refractivity contribution is -0.144. The maximum Gasteiger partial charge on any atom is 0.264 e. The van der Waals surface area contributed by atoms with Crippen molar-refractivity contribution < 1.29 is 31.5 Å². The lowest BCUT2D eigenvalue weighted by Gasteiger charge is -2.50. The summed E-state index contributed by atoms with van der Waals surface area (Å²) in [5, 5.41) is 0. The van der Waals surface area contributed by atoms with Crippen molar-refractivity contribution in [2.45, 2.75) is 57.2 Å². The zero-order chi connectivity index (χ0) is 22.2. The van der Waals surface area contributed by atoms with Crippen molar-refractivity contribution in [3.8, 4) is 5.75 Å². The molecule has 0 radical (unpaired) electrons. The molecule has 0 saturated heterocycles. The second kappa shape index (κ2) is 8.98. The lowest BCUT2D eigenvalue weighted by atomic mass is 9.55. The fraction of sp³-hybridized carbons (Fsp3) is 0.739. The average molecular weight is 455 g/mol. The number of rotatable bonds is 8. The highest BCUT2D eigenvalue weighted by atomic mass is 32.2. The van der Waals surface area contributed by atoms with Gasteiger partial charge in [-0.1, -0.05) is 13.0 Å². The van der Waals surface area contributed by atoms with Gasteiger partial charge in [0.2, 0.25) is 0 Å². The van der Waals surface area contributed by atoms with Crippen molar-refractivity contribution in [3.05, 3.63) is 29.3 Å². The third kappa shape index (κ3) is 4.50. The molecule has 0 aromatic heterocycles. The standard InChI is InChI=1S/C23H34O7S/c1-23-10-9-18-17-8-6-16(28-13-26-2)11-15(17)5-7-19(18)20(23)12-21(30-31(4,24)25)22(23)29-14-27-3/h6,8,11,18-22H,5,7,9-10,12-14H2,1-4H3/t18-,19-,20+,21+,22+,23+/m1/s1. The van der Waals surface area contributed by atoms with Gasteiger partial charge in [0.05, 0.1) is 12.4 Å². The molecule has 0 spiro atoms. The first-order chi connectivity index (χ1) is 14.8. The minimum absolute atomic E-state index is 0.131. The minimum Gasteiger partial charge on any atom is -0.468 e. The zero-order valence-corrected chi connectivity index (χ0v) is 19.7. The lowest BCUT2D eigenvalue weighted by Crippen LogP contribution is -2.46. The molecule has 8 heteroatoms. The summed E-state index contributed by atoms with van der Waals surface area (Å²) in [5.74, 6) is 2.14. The van der Waals surface area contributed by atoms with Gasteiger partial charge in [-0.2, -0.15) is 8.42 Å². The fourth-order valence-electron chi connectivity index (χ4n) is 6.47. The van der Waals surface area contributed by atoms with E-state index in [9.17, 15) is 8.42 Å². The smallest absolute Gasteiger partial charge is 0.264 e. The summed E-state index contributed by atoms with van der Waals surface area (Å²) in [4.78, 5) is 0. The number of aryl methyl sites for hydroxylation is 1. The van der Waals surface area contributed by atoms with E-state index in [0.717, 1.165) is 37.7 Å². The molecule has 174 valence electrons. The summed E-state index contributed by atoms with van der Waals surface area (Å²) < 4.78 is 51.3. The van der Waals surface area contributed by atoms with Crippen LogP contribution in [-0.2, 0) is 34.9 Å². The van der Waals surface area contributed by atoms with Gasteiger partial charge >= 0.3 is 0 Å². The number of methoxy groups -OCH3 is 2. The Morgan fingerprint density at radius 3 is 2.61 bits per heavy atom. The Morgan fingerprint density at radius 2 is 1.90 bits per heavy atom.